The lowest BCUT2D eigenvalue weighted by atomic mass is 9.75. The van der Waals surface area contributed by atoms with Crippen molar-refractivity contribution >= 4 is 12.4 Å². The lowest BCUT2D eigenvalue weighted by molar-refractivity contribution is 0.123. The minimum absolute atomic E-state index is 0. The molecule has 2 heterocycles. The van der Waals surface area contributed by atoms with Gasteiger partial charge < -0.3 is 20.1 Å². The fourth-order valence-corrected chi connectivity index (χ4v) is 3.33. The monoisotopic (exact) mass is 312 g/mol. The largest absolute Gasteiger partial charge is 0.497 e. The van der Waals surface area contributed by atoms with Crippen molar-refractivity contribution in [3.8, 4) is 5.75 Å². The van der Waals surface area contributed by atoms with Gasteiger partial charge in [0.2, 0.25) is 0 Å². The van der Waals surface area contributed by atoms with Gasteiger partial charge in [-0.15, -0.1) is 12.4 Å². The van der Waals surface area contributed by atoms with E-state index < -0.39 is 0 Å². The summed E-state index contributed by atoms with van der Waals surface area (Å²) in [6.07, 6.45) is 2.43. The number of piperidine rings is 1. The molecule has 0 bridgehead atoms. The van der Waals surface area contributed by atoms with Gasteiger partial charge in [0.1, 0.15) is 5.75 Å². The van der Waals surface area contributed by atoms with Crippen LogP contribution in [0.4, 0.5) is 0 Å². The summed E-state index contributed by atoms with van der Waals surface area (Å²) in [7, 11) is 1.70. The van der Waals surface area contributed by atoms with Crippen LogP contribution in [0.3, 0.4) is 0 Å². The molecule has 2 saturated heterocycles. The van der Waals surface area contributed by atoms with Crippen LogP contribution in [-0.4, -0.2) is 39.5 Å². The van der Waals surface area contributed by atoms with Crippen molar-refractivity contribution < 1.29 is 9.47 Å². The van der Waals surface area contributed by atoms with Gasteiger partial charge in [-0.2, -0.15) is 0 Å². The summed E-state index contributed by atoms with van der Waals surface area (Å²) in [6, 6.07) is 8.75. The Labute approximate surface area is 133 Å². The maximum atomic E-state index is 5.77. The number of ether oxygens (including phenoxy) is 2. The second-order valence-corrected chi connectivity index (χ2v) is 5.91. The minimum Gasteiger partial charge on any atom is -0.497 e. The van der Waals surface area contributed by atoms with Crippen molar-refractivity contribution in [2.75, 3.05) is 33.4 Å². The molecule has 2 fully saturated rings. The topological polar surface area (TPSA) is 42.5 Å². The van der Waals surface area contributed by atoms with E-state index in [0.717, 1.165) is 38.6 Å². The van der Waals surface area contributed by atoms with Crippen LogP contribution in [0.5, 0.6) is 5.75 Å². The number of halogens is 1. The van der Waals surface area contributed by atoms with E-state index in [0.29, 0.717) is 11.5 Å². The molecule has 118 valence electrons. The minimum atomic E-state index is 0. The first-order valence-corrected chi connectivity index (χ1v) is 7.47. The van der Waals surface area contributed by atoms with Gasteiger partial charge in [-0.25, -0.2) is 0 Å². The van der Waals surface area contributed by atoms with Gasteiger partial charge in [0, 0.05) is 18.0 Å². The molecule has 1 aromatic rings. The lowest BCUT2D eigenvalue weighted by Crippen LogP contribution is -2.49. The first kappa shape index (κ1) is 16.6. The molecule has 5 heteroatoms. The second kappa shape index (κ2) is 7.45. The fourth-order valence-electron chi connectivity index (χ4n) is 3.33. The highest BCUT2D eigenvalue weighted by molar-refractivity contribution is 5.85. The summed E-state index contributed by atoms with van der Waals surface area (Å²) in [5, 5.41) is 7.15. The van der Waals surface area contributed by atoms with Crippen molar-refractivity contribution in [3.63, 3.8) is 0 Å². The third kappa shape index (κ3) is 3.69. The van der Waals surface area contributed by atoms with E-state index in [1.165, 1.54) is 18.4 Å². The van der Waals surface area contributed by atoms with Crippen molar-refractivity contribution in [2.45, 2.75) is 25.4 Å². The van der Waals surface area contributed by atoms with Crippen LogP contribution in [0.1, 0.15) is 18.4 Å². The predicted molar refractivity (Wildman–Crippen MR) is 86.2 cm³/mol. The van der Waals surface area contributed by atoms with E-state index in [-0.39, 0.29) is 12.4 Å². The first-order chi connectivity index (χ1) is 9.82. The van der Waals surface area contributed by atoms with Crippen LogP contribution < -0.4 is 15.4 Å². The normalized spacial score (nSPS) is 23.8. The molecule has 4 nitrogen and oxygen atoms in total. The van der Waals surface area contributed by atoms with E-state index in [9.17, 15) is 0 Å². The van der Waals surface area contributed by atoms with Crippen LogP contribution in [0, 0.1) is 5.41 Å². The van der Waals surface area contributed by atoms with Gasteiger partial charge in [0.15, 0.2) is 0 Å². The maximum absolute atomic E-state index is 5.77. The third-order valence-corrected chi connectivity index (χ3v) is 4.72. The van der Waals surface area contributed by atoms with Crippen molar-refractivity contribution in [1.29, 1.82) is 0 Å². The van der Waals surface area contributed by atoms with Gasteiger partial charge in [0.25, 0.3) is 0 Å². The molecule has 1 unspecified atom stereocenters. The van der Waals surface area contributed by atoms with E-state index in [4.69, 9.17) is 9.47 Å². The number of nitrogens with one attached hydrogen (secondary N) is 2. The molecule has 3 rings (SSSR count). The van der Waals surface area contributed by atoms with Crippen molar-refractivity contribution in [3.05, 3.63) is 29.8 Å². The van der Waals surface area contributed by atoms with Crippen LogP contribution in [0.2, 0.25) is 0 Å². The Morgan fingerprint density at radius 2 is 2.00 bits per heavy atom. The summed E-state index contributed by atoms with van der Waals surface area (Å²) in [5.74, 6) is 0.910. The van der Waals surface area contributed by atoms with Crippen LogP contribution >= 0.6 is 12.4 Å². The number of rotatable bonds is 4. The summed E-state index contributed by atoms with van der Waals surface area (Å²) in [6.45, 7) is 4.88. The fraction of sp³-hybridized carbons (Fsp3) is 0.625. The number of hydrogen-bond acceptors (Lipinski definition) is 4. The second-order valence-electron chi connectivity index (χ2n) is 5.91. The number of hydrogen-bond donors (Lipinski definition) is 2. The Hall–Kier alpha value is -0.810. The van der Waals surface area contributed by atoms with E-state index in [2.05, 4.69) is 22.8 Å². The molecule has 1 spiro atoms. The third-order valence-electron chi connectivity index (χ3n) is 4.72. The molecular weight excluding hydrogens is 288 g/mol. The zero-order chi connectivity index (χ0) is 13.8. The highest BCUT2D eigenvalue weighted by Crippen LogP contribution is 2.37. The Morgan fingerprint density at radius 1 is 1.29 bits per heavy atom. The molecule has 21 heavy (non-hydrogen) atoms. The summed E-state index contributed by atoms with van der Waals surface area (Å²) >= 11 is 0. The summed E-state index contributed by atoms with van der Waals surface area (Å²) in [5.41, 5.74) is 1.64. The summed E-state index contributed by atoms with van der Waals surface area (Å²) < 4.78 is 11.0. The Balaban J connectivity index is 0.00000161. The van der Waals surface area contributed by atoms with Gasteiger partial charge in [-0.3, -0.25) is 0 Å². The summed E-state index contributed by atoms with van der Waals surface area (Å²) in [4.78, 5) is 0. The van der Waals surface area contributed by atoms with E-state index in [1.54, 1.807) is 7.11 Å². The smallest absolute Gasteiger partial charge is 0.118 e. The SMILES string of the molecule is COc1ccc(CNC2COCC23CCNCC3)cc1.Cl. The molecule has 0 amide bonds. The average Bonchev–Trinajstić information content (AvgIpc) is 2.88. The Bertz CT molecular complexity index is 432. The highest BCUT2D eigenvalue weighted by atomic mass is 35.5. The first-order valence-electron chi connectivity index (χ1n) is 7.47. The zero-order valence-electron chi connectivity index (χ0n) is 12.6. The average molecular weight is 313 g/mol. The van der Waals surface area contributed by atoms with Crippen molar-refractivity contribution in [1.82, 2.24) is 10.6 Å². The maximum Gasteiger partial charge on any atom is 0.118 e. The van der Waals surface area contributed by atoms with Gasteiger partial charge in [-0.1, -0.05) is 12.1 Å². The zero-order valence-corrected chi connectivity index (χ0v) is 13.4. The number of methoxy groups -OCH3 is 1. The van der Waals surface area contributed by atoms with Gasteiger partial charge in [0.05, 0.1) is 20.3 Å². The molecule has 2 N–H and O–H groups in total. The van der Waals surface area contributed by atoms with Crippen LogP contribution in [0.25, 0.3) is 0 Å². The standard InChI is InChI=1S/C16H24N2O2.ClH/c1-19-14-4-2-13(3-5-14)10-18-15-11-20-12-16(15)6-8-17-9-7-16;/h2-5,15,17-18H,6-12H2,1H3;1H. The molecule has 2 aliphatic heterocycles. The van der Waals surface area contributed by atoms with Crippen molar-refractivity contribution in [2.24, 2.45) is 5.41 Å². The molecule has 0 aromatic heterocycles. The highest BCUT2D eigenvalue weighted by Gasteiger charge is 2.44. The molecular formula is C16H25ClN2O2. The van der Waals surface area contributed by atoms with Crippen LogP contribution in [0.15, 0.2) is 24.3 Å². The predicted octanol–water partition coefficient (Wildman–Crippen LogP) is 1.98. The molecule has 1 atom stereocenters. The van der Waals surface area contributed by atoms with E-state index in [1.807, 2.05) is 12.1 Å². The number of benzene rings is 1. The van der Waals surface area contributed by atoms with E-state index >= 15 is 0 Å². The Morgan fingerprint density at radius 3 is 2.67 bits per heavy atom. The molecule has 0 aliphatic carbocycles. The lowest BCUT2D eigenvalue weighted by Gasteiger charge is -2.38. The van der Waals surface area contributed by atoms with Gasteiger partial charge >= 0.3 is 0 Å². The Kier molecular flexibility index (Phi) is 5.88. The quantitative estimate of drug-likeness (QED) is 0.892. The molecule has 0 saturated carbocycles. The molecule has 1 aromatic carbocycles. The van der Waals surface area contributed by atoms with Crippen LogP contribution in [-0.2, 0) is 11.3 Å². The van der Waals surface area contributed by atoms with Gasteiger partial charge in [-0.05, 0) is 43.6 Å². The molecule has 0 radical (unpaired) electrons. The molecule has 2 aliphatic rings.